The van der Waals surface area contributed by atoms with E-state index in [9.17, 15) is 14.3 Å². The molecular weight excluding hydrogens is 329 g/mol. The van der Waals surface area contributed by atoms with Crippen LogP contribution in [0.2, 0.25) is 0 Å². The maximum atomic E-state index is 13.9. The largest absolute Gasteiger partial charge is 0.478 e. The Hall–Kier alpha value is -2.74. The molecule has 0 amide bonds. The van der Waals surface area contributed by atoms with Crippen LogP contribution in [0.25, 0.3) is 0 Å². The predicted molar refractivity (Wildman–Crippen MR) is 87.5 cm³/mol. The zero-order chi connectivity index (χ0) is 18.0. The summed E-state index contributed by atoms with van der Waals surface area (Å²) >= 11 is 0. The lowest BCUT2D eigenvalue weighted by Gasteiger charge is -2.18. The molecule has 25 heavy (non-hydrogen) atoms. The van der Waals surface area contributed by atoms with Crippen LogP contribution in [-0.2, 0) is 0 Å². The van der Waals surface area contributed by atoms with Gasteiger partial charge in [0, 0.05) is 25.1 Å². The summed E-state index contributed by atoms with van der Waals surface area (Å²) in [5.74, 6) is -1.17. The molecule has 0 saturated carbocycles. The SMILES string of the molecule is CC(O)C1CCN(c2cc(Oc3cc(C(=O)O)ccc3F)ncn2)C1. The molecule has 7 nitrogen and oxygen atoms in total. The van der Waals surface area contributed by atoms with Crippen molar-refractivity contribution in [3.8, 4) is 11.6 Å². The molecule has 8 heteroatoms. The molecule has 2 aromatic rings. The number of aromatic nitrogens is 2. The average molecular weight is 347 g/mol. The summed E-state index contributed by atoms with van der Waals surface area (Å²) in [5.41, 5.74) is -0.0787. The Labute approximate surface area is 143 Å². The summed E-state index contributed by atoms with van der Waals surface area (Å²) in [6.45, 7) is 3.17. The summed E-state index contributed by atoms with van der Waals surface area (Å²) in [6.07, 6.45) is 1.77. The molecule has 3 rings (SSSR count). The van der Waals surface area contributed by atoms with Crippen LogP contribution in [-0.4, -0.2) is 45.3 Å². The summed E-state index contributed by atoms with van der Waals surface area (Å²) < 4.78 is 19.3. The average Bonchev–Trinajstić information content (AvgIpc) is 3.07. The first-order valence-electron chi connectivity index (χ1n) is 7.90. The first-order chi connectivity index (χ1) is 11.9. The Bertz CT molecular complexity index is 784. The Balaban J connectivity index is 1.79. The normalized spacial score (nSPS) is 18.2. The number of anilines is 1. The second-order valence-electron chi connectivity index (χ2n) is 6.00. The molecule has 0 spiro atoms. The second-order valence-corrected chi connectivity index (χ2v) is 6.00. The lowest BCUT2D eigenvalue weighted by atomic mass is 10.0. The molecule has 1 aliphatic heterocycles. The number of halogens is 1. The van der Waals surface area contributed by atoms with Gasteiger partial charge in [-0.05, 0) is 31.5 Å². The van der Waals surface area contributed by atoms with Gasteiger partial charge in [0.05, 0.1) is 11.7 Å². The molecular formula is C17H18FN3O4. The van der Waals surface area contributed by atoms with Crippen LogP contribution < -0.4 is 9.64 Å². The number of aromatic carboxylic acids is 1. The zero-order valence-electron chi connectivity index (χ0n) is 13.6. The number of rotatable bonds is 5. The number of carbonyl (C=O) groups is 1. The summed E-state index contributed by atoms with van der Waals surface area (Å²) in [5, 5.41) is 18.7. The monoisotopic (exact) mass is 347 g/mol. The maximum Gasteiger partial charge on any atom is 0.335 e. The smallest absolute Gasteiger partial charge is 0.335 e. The van der Waals surface area contributed by atoms with Crippen molar-refractivity contribution in [3.05, 3.63) is 42.0 Å². The molecule has 2 atom stereocenters. The first kappa shape index (κ1) is 17.1. The van der Waals surface area contributed by atoms with Gasteiger partial charge < -0.3 is 19.8 Å². The molecule has 2 N–H and O–H groups in total. The second kappa shape index (κ2) is 7.02. The number of carboxylic acid groups (broad SMARTS) is 1. The topological polar surface area (TPSA) is 95.8 Å². The van der Waals surface area contributed by atoms with Crippen LogP contribution in [0.1, 0.15) is 23.7 Å². The molecule has 0 aliphatic carbocycles. The molecule has 1 aliphatic rings. The predicted octanol–water partition coefficient (Wildman–Crippen LogP) is 2.31. The number of ether oxygens (including phenoxy) is 1. The number of benzene rings is 1. The van der Waals surface area contributed by atoms with Crippen molar-refractivity contribution in [3.63, 3.8) is 0 Å². The molecule has 1 saturated heterocycles. The molecule has 0 bridgehead atoms. The van der Waals surface area contributed by atoms with Crippen molar-refractivity contribution < 1.29 is 24.1 Å². The quantitative estimate of drug-likeness (QED) is 0.857. The minimum atomic E-state index is -1.17. The highest BCUT2D eigenvalue weighted by molar-refractivity contribution is 5.88. The molecule has 1 aromatic heterocycles. The number of hydrogen-bond acceptors (Lipinski definition) is 6. The fourth-order valence-electron chi connectivity index (χ4n) is 2.78. The van der Waals surface area contributed by atoms with E-state index in [1.54, 1.807) is 13.0 Å². The van der Waals surface area contributed by atoms with Gasteiger partial charge in [-0.25, -0.2) is 19.2 Å². The van der Waals surface area contributed by atoms with Gasteiger partial charge in [0.15, 0.2) is 11.6 Å². The van der Waals surface area contributed by atoms with E-state index in [0.29, 0.717) is 12.4 Å². The van der Waals surface area contributed by atoms with E-state index >= 15 is 0 Å². The summed E-state index contributed by atoms with van der Waals surface area (Å²) in [7, 11) is 0. The molecule has 1 fully saturated rings. The minimum absolute atomic E-state index is 0.0787. The molecule has 2 heterocycles. The highest BCUT2D eigenvalue weighted by Gasteiger charge is 2.27. The van der Waals surface area contributed by atoms with Crippen molar-refractivity contribution in [2.45, 2.75) is 19.4 Å². The Morgan fingerprint density at radius 3 is 2.88 bits per heavy atom. The lowest BCUT2D eigenvalue weighted by Crippen LogP contribution is -2.24. The van der Waals surface area contributed by atoms with Gasteiger partial charge >= 0.3 is 5.97 Å². The Kier molecular flexibility index (Phi) is 4.80. The van der Waals surface area contributed by atoms with E-state index in [0.717, 1.165) is 31.2 Å². The van der Waals surface area contributed by atoms with Crippen molar-refractivity contribution in [2.75, 3.05) is 18.0 Å². The third-order valence-corrected chi connectivity index (χ3v) is 4.25. The Morgan fingerprint density at radius 1 is 1.40 bits per heavy atom. The molecule has 1 aromatic carbocycles. The Morgan fingerprint density at radius 2 is 2.20 bits per heavy atom. The van der Waals surface area contributed by atoms with E-state index in [4.69, 9.17) is 9.84 Å². The molecule has 0 radical (unpaired) electrons. The van der Waals surface area contributed by atoms with Gasteiger partial charge in [0.1, 0.15) is 12.1 Å². The fraction of sp³-hybridized carbons (Fsp3) is 0.353. The molecule has 2 unspecified atom stereocenters. The summed E-state index contributed by atoms with van der Waals surface area (Å²) in [6, 6.07) is 4.88. The van der Waals surface area contributed by atoms with Gasteiger partial charge in [0.2, 0.25) is 5.88 Å². The highest BCUT2D eigenvalue weighted by Crippen LogP contribution is 2.29. The van der Waals surface area contributed by atoms with Crippen LogP contribution in [0.5, 0.6) is 11.6 Å². The number of aliphatic hydroxyl groups excluding tert-OH is 1. The minimum Gasteiger partial charge on any atom is -0.478 e. The summed E-state index contributed by atoms with van der Waals surface area (Å²) in [4.78, 5) is 21.1. The maximum absolute atomic E-state index is 13.9. The van der Waals surface area contributed by atoms with E-state index in [-0.39, 0.29) is 23.1 Å². The lowest BCUT2D eigenvalue weighted by molar-refractivity contribution is 0.0696. The number of carboxylic acids is 1. The number of aliphatic hydroxyl groups is 1. The van der Waals surface area contributed by atoms with Crippen LogP contribution in [0.3, 0.4) is 0 Å². The highest BCUT2D eigenvalue weighted by atomic mass is 19.1. The van der Waals surface area contributed by atoms with Crippen molar-refractivity contribution >= 4 is 11.8 Å². The van der Waals surface area contributed by atoms with Gasteiger partial charge in [0.25, 0.3) is 0 Å². The van der Waals surface area contributed by atoms with Gasteiger partial charge in [-0.15, -0.1) is 0 Å². The first-order valence-corrected chi connectivity index (χ1v) is 7.90. The number of hydrogen-bond donors (Lipinski definition) is 2. The van der Waals surface area contributed by atoms with E-state index < -0.39 is 17.9 Å². The van der Waals surface area contributed by atoms with E-state index in [1.165, 1.54) is 6.33 Å². The van der Waals surface area contributed by atoms with Crippen LogP contribution in [0.15, 0.2) is 30.6 Å². The van der Waals surface area contributed by atoms with Crippen LogP contribution >= 0.6 is 0 Å². The van der Waals surface area contributed by atoms with Crippen molar-refractivity contribution in [1.29, 1.82) is 0 Å². The molecule has 132 valence electrons. The third kappa shape index (κ3) is 3.85. The van der Waals surface area contributed by atoms with Gasteiger partial charge in [-0.2, -0.15) is 0 Å². The van der Waals surface area contributed by atoms with Crippen molar-refractivity contribution in [2.24, 2.45) is 5.92 Å². The third-order valence-electron chi connectivity index (χ3n) is 4.25. The van der Waals surface area contributed by atoms with Gasteiger partial charge in [-0.1, -0.05) is 0 Å². The van der Waals surface area contributed by atoms with E-state index in [2.05, 4.69) is 9.97 Å². The van der Waals surface area contributed by atoms with Gasteiger partial charge in [-0.3, -0.25) is 0 Å². The standard InChI is InChI=1S/C17H18FN3O4/c1-10(22)12-4-5-21(8-12)15-7-16(20-9-19-15)25-14-6-11(17(23)24)2-3-13(14)18/h2-3,6-7,9-10,12,22H,4-5,8H2,1H3,(H,23,24). The van der Waals surface area contributed by atoms with Crippen molar-refractivity contribution in [1.82, 2.24) is 9.97 Å². The van der Waals surface area contributed by atoms with Crippen LogP contribution in [0, 0.1) is 11.7 Å². The fourth-order valence-corrected chi connectivity index (χ4v) is 2.78. The number of nitrogens with zero attached hydrogens (tertiary/aromatic N) is 3. The van der Waals surface area contributed by atoms with Crippen LogP contribution in [0.4, 0.5) is 10.2 Å². The van der Waals surface area contributed by atoms with E-state index in [1.807, 2.05) is 4.90 Å². The zero-order valence-corrected chi connectivity index (χ0v) is 13.6.